The molecule has 9 nitrogen and oxygen atoms in total. The number of piperazine rings is 1. The van der Waals surface area contributed by atoms with Gasteiger partial charge in [-0.15, -0.1) is 0 Å². The van der Waals surface area contributed by atoms with Crippen molar-refractivity contribution in [3.63, 3.8) is 0 Å². The predicted octanol–water partition coefficient (Wildman–Crippen LogP) is 2.87. The Labute approximate surface area is 178 Å². The smallest absolute Gasteiger partial charge is 0.269 e. The van der Waals surface area contributed by atoms with E-state index in [0.29, 0.717) is 32.8 Å². The van der Waals surface area contributed by atoms with Gasteiger partial charge in [0.25, 0.3) is 5.69 Å². The van der Waals surface area contributed by atoms with Crippen LogP contribution in [0.25, 0.3) is 11.3 Å². The average Bonchev–Trinajstić information content (AvgIpc) is 3.25. The molecule has 0 radical (unpaired) electrons. The van der Waals surface area contributed by atoms with Gasteiger partial charge in [-0.2, -0.15) is 5.10 Å². The summed E-state index contributed by atoms with van der Waals surface area (Å²) in [5, 5.41) is 15.4. The summed E-state index contributed by atoms with van der Waals surface area (Å²) >= 11 is 0. The summed E-state index contributed by atoms with van der Waals surface area (Å²) in [5.74, 6) is 0.796. The highest BCUT2D eigenvalue weighted by atomic mass is 16.6. The third-order valence-electron chi connectivity index (χ3n) is 5.88. The third kappa shape index (κ3) is 3.42. The van der Waals surface area contributed by atoms with E-state index in [-0.39, 0.29) is 5.69 Å². The van der Waals surface area contributed by atoms with Gasteiger partial charge < -0.3 is 9.64 Å². The van der Waals surface area contributed by atoms with Crippen LogP contribution in [0.4, 0.5) is 11.4 Å². The van der Waals surface area contributed by atoms with E-state index in [2.05, 4.69) is 14.9 Å². The van der Waals surface area contributed by atoms with Crippen molar-refractivity contribution >= 4 is 17.7 Å². The number of benzene rings is 2. The standard InChI is InChI=1S/C22H21N5O4/c28-14-21(26-22-16(13-23-26)15-31-20-4-2-1-3-19(20)22)25-11-9-24(10-12-25)17-5-7-18(8-6-17)27(29)30/h1-8,13-14,21H,9-12,15H2. The van der Waals surface area contributed by atoms with Gasteiger partial charge in [0.15, 0.2) is 12.5 Å². The Bertz CT molecular complexity index is 1120. The highest BCUT2D eigenvalue weighted by Crippen LogP contribution is 2.38. The molecule has 0 aliphatic carbocycles. The molecule has 0 spiro atoms. The molecule has 9 heteroatoms. The Balaban J connectivity index is 1.35. The fraction of sp³-hybridized carbons (Fsp3) is 0.273. The maximum absolute atomic E-state index is 12.1. The molecule has 3 aromatic rings. The average molecular weight is 419 g/mol. The lowest BCUT2D eigenvalue weighted by Crippen LogP contribution is -2.49. The van der Waals surface area contributed by atoms with Gasteiger partial charge >= 0.3 is 0 Å². The van der Waals surface area contributed by atoms with Crippen molar-refractivity contribution in [2.75, 3.05) is 31.1 Å². The summed E-state index contributed by atoms with van der Waals surface area (Å²) in [6.07, 6.45) is 2.20. The molecule has 0 bridgehead atoms. The highest BCUT2D eigenvalue weighted by molar-refractivity contribution is 5.73. The molecule has 5 rings (SSSR count). The van der Waals surface area contributed by atoms with E-state index >= 15 is 0 Å². The van der Waals surface area contributed by atoms with Gasteiger partial charge in [0.05, 0.1) is 16.8 Å². The van der Waals surface area contributed by atoms with Crippen molar-refractivity contribution in [3.8, 4) is 17.0 Å². The minimum atomic E-state index is -0.506. The van der Waals surface area contributed by atoms with Gasteiger partial charge in [0, 0.05) is 55.1 Å². The van der Waals surface area contributed by atoms with Crippen LogP contribution in [0.3, 0.4) is 0 Å². The number of nitro groups is 1. The maximum atomic E-state index is 12.1. The van der Waals surface area contributed by atoms with Crippen LogP contribution in [-0.4, -0.2) is 52.1 Å². The van der Waals surface area contributed by atoms with Gasteiger partial charge in [0.2, 0.25) is 0 Å². The largest absolute Gasteiger partial charge is 0.488 e. The number of ether oxygens (including phenoxy) is 1. The molecule has 2 aliphatic heterocycles. The molecule has 2 aliphatic rings. The monoisotopic (exact) mass is 419 g/mol. The summed E-state index contributed by atoms with van der Waals surface area (Å²) in [6.45, 7) is 3.21. The van der Waals surface area contributed by atoms with Crippen LogP contribution in [0.1, 0.15) is 11.7 Å². The van der Waals surface area contributed by atoms with Crippen molar-refractivity contribution in [1.82, 2.24) is 14.7 Å². The van der Waals surface area contributed by atoms with Crippen molar-refractivity contribution < 1.29 is 14.5 Å². The minimum absolute atomic E-state index is 0.0797. The number of hydrogen-bond donors (Lipinski definition) is 0. The molecule has 158 valence electrons. The van der Waals surface area contributed by atoms with Gasteiger partial charge in [0.1, 0.15) is 12.4 Å². The normalized spacial score (nSPS) is 16.7. The summed E-state index contributed by atoms with van der Waals surface area (Å²) < 4.78 is 7.60. The molecule has 1 unspecified atom stereocenters. The van der Waals surface area contributed by atoms with E-state index in [1.54, 1.807) is 23.0 Å². The first kappa shape index (κ1) is 19.3. The van der Waals surface area contributed by atoms with Crippen LogP contribution in [0, 0.1) is 10.1 Å². The number of fused-ring (bicyclic) bond motifs is 3. The first-order valence-corrected chi connectivity index (χ1v) is 10.1. The highest BCUT2D eigenvalue weighted by Gasteiger charge is 2.30. The summed E-state index contributed by atoms with van der Waals surface area (Å²) in [7, 11) is 0. The van der Waals surface area contributed by atoms with E-state index in [1.165, 1.54) is 12.1 Å². The van der Waals surface area contributed by atoms with Gasteiger partial charge in [-0.3, -0.25) is 19.8 Å². The summed E-state index contributed by atoms with van der Waals surface area (Å²) in [6, 6.07) is 14.4. The third-order valence-corrected chi connectivity index (χ3v) is 5.88. The molecule has 31 heavy (non-hydrogen) atoms. The number of carbonyl (C=O) groups excluding carboxylic acids is 1. The van der Waals surface area contributed by atoms with Crippen LogP contribution in [0.15, 0.2) is 54.7 Å². The first-order valence-electron chi connectivity index (χ1n) is 10.1. The Morgan fingerprint density at radius 1 is 1.06 bits per heavy atom. The second-order valence-corrected chi connectivity index (χ2v) is 7.59. The molecular weight excluding hydrogens is 398 g/mol. The Kier molecular flexibility index (Phi) is 4.87. The minimum Gasteiger partial charge on any atom is -0.488 e. The van der Waals surface area contributed by atoms with Crippen molar-refractivity contribution in [1.29, 1.82) is 0 Å². The Hall–Kier alpha value is -3.72. The second-order valence-electron chi connectivity index (χ2n) is 7.59. The van der Waals surface area contributed by atoms with Crippen LogP contribution in [-0.2, 0) is 11.4 Å². The number of anilines is 1. The lowest BCUT2D eigenvalue weighted by Gasteiger charge is -2.39. The van der Waals surface area contributed by atoms with Crippen LogP contribution < -0.4 is 9.64 Å². The van der Waals surface area contributed by atoms with E-state index in [1.807, 2.05) is 24.3 Å². The number of nitro benzene ring substituents is 1. The Morgan fingerprint density at radius 3 is 2.52 bits per heavy atom. The number of nitrogens with zero attached hydrogens (tertiary/aromatic N) is 5. The number of carbonyl (C=O) groups is 1. The van der Waals surface area contributed by atoms with Gasteiger partial charge in [-0.1, -0.05) is 12.1 Å². The Morgan fingerprint density at radius 2 is 1.81 bits per heavy atom. The van der Waals surface area contributed by atoms with Crippen LogP contribution in [0.5, 0.6) is 5.75 Å². The quantitative estimate of drug-likeness (QED) is 0.357. The molecule has 1 saturated heterocycles. The fourth-order valence-electron chi connectivity index (χ4n) is 4.27. The lowest BCUT2D eigenvalue weighted by atomic mass is 10.0. The topological polar surface area (TPSA) is 93.7 Å². The molecule has 0 saturated carbocycles. The maximum Gasteiger partial charge on any atom is 0.269 e. The molecule has 0 N–H and O–H groups in total. The number of aromatic nitrogens is 2. The second kappa shape index (κ2) is 7.84. The zero-order valence-electron chi connectivity index (χ0n) is 16.8. The SMILES string of the molecule is O=CC(N1CCN(c2ccc([N+](=O)[O-])cc2)CC1)n1ncc2c1-c1ccccc1OC2. The van der Waals surface area contributed by atoms with Crippen molar-refractivity contribution in [3.05, 3.63) is 70.4 Å². The molecule has 0 amide bonds. The molecule has 1 aromatic heterocycles. The number of aldehydes is 1. The molecule has 3 heterocycles. The number of para-hydroxylation sites is 1. The summed E-state index contributed by atoms with van der Waals surface area (Å²) in [4.78, 5) is 26.9. The van der Waals surface area contributed by atoms with E-state index in [0.717, 1.165) is 34.5 Å². The van der Waals surface area contributed by atoms with Crippen molar-refractivity contribution in [2.45, 2.75) is 12.8 Å². The number of hydrogen-bond acceptors (Lipinski definition) is 7. The van der Waals surface area contributed by atoms with E-state index in [4.69, 9.17) is 4.74 Å². The molecule has 1 fully saturated rings. The van der Waals surface area contributed by atoms with E-state index in [9.17, 15) is 14.9 Å². The molecule has 1 atom stereocenters. The molecular formula is C22H21N5O4. The predicted molar refractivity (Wildman–Crippen MR) is 114 cm³/mol. The first-order chi connectivity index (χ1) is 15.2. The molecule has 2 aromatic carbocycles. The van der Waals surface area contributed by atoms with Crippen molar-refractivity contribution in [2.24, 2.45) is 0 Å². The van der Waals surface area contributed by atoms with Crippen LogP contribution in [0.2, 0.25) is 0 Å². The van der Waals surface area contributed by atoms with Crippen LogP contribution >= 0.6 is 0 Å². The zero-order chi connectivity index (χ0) is 21.4. The fourth-order valence-corrected chi connectivity index (χ4v) is 4.27. The lowest BCUT2D eigenvalue weighted by molar-refractivity contribution is -0.384. The number of non-ortho nitro benzene ring substituents is 1. The number of rotatable bonds is 5. The van der Waals surface area contributed by atoms with Gasteiger partial charge in [-0.05, 0) is 24.3 Å². The van der Waals surface area contributed by atoms with Gasteiger partial charge in [-0.25, -0.2) is 4.68 Å². The van der Waals surface area contributed by atoms with E-state index < -0.39 is 11.1 Å². The zero-order valence-corrected chi connectivity index (χ0v) is 16.8. The summed E-state index contributed by atoms with van der Waals surface area (Å²) in [5.41, 5.74) is 3.86.